The molecule has 1 aliphatic heterocycles. The highest BCUT2D eigenvalue weighted by molar-refractivity contribution is 5.99. The monoisotopic (exact) mass is 557 g/mol. The molecular formula is C39H27NO3. The van der Waals surface area contributed by atoms with Crippen molar-refractivity contribution in [2.45, 2.75) is 13.8 Å². The molecule has 0 amide bonds. The maximum absolute atomic E-state index is 13.4. The molecule has 43 heavy (non-hydrogen) atoms. The lowest BCUT2D eigenvalue weighted by Crippen LogP contribution is -2.14. The van der Waals surface area contributed by atoms with E-state index < -0.39 is 0 Å². The van der Waals surface area contributed by atoms with Gasteiger partial charge in [0, 0.05) is 34.0 Å². The minimum absolute atomic E-state index is 0.0311. The summed E-state index contributed by atoms with van der Waals surface area (Å²) in [4.78, 5) is 15.7. The van der Waals surface area contributed by atoms with Gasteiger partial charge in [0.15, 0.2) is 0 Å². The van der Waals surface area contributed by atoms with Crippen LogP contribution < -0.4 is 15.1 Å². The Labute approximate surface area is 249 Å². The van der Waals surface area contributed by atoms with Crippen molar-refractivity contribution in [3.8, 4) is 33.8 Å². The first-order valence-electron chi connectivity index (χ1n) is 14.4. The molecule has 0 unspecified atom stereocenters. The highest BCUT2D eigenvalue weighted by atomic mass is 16.5. The van der Waals surface area contributed by atoms with Gasteiger partial charge in [-0.1, -0.05) is 71.8 Å². The van der Waals surface area contributed by atoms with Gasteiger partial charge in [-0.3, -0.25) is 4.79 Å². The topological polar surface area (TPSA) is 42.7 Å². The fourth-order valence-electron chi connectivity index (χ4n) is 6.13. The van der Waals surface area contributed by atoms with E-state index in [0.717, 1.165) is 61.9 Å². The zero-order chi connectivity index (χ0) is 29.1. The number of benzene rings is 6. The van der Waals surface area contributed by atoms with E-state index in [-0.39, 0.29) is 5.43 Å². The summed E-state index contributed by atoms with van der Waals surface area (Å²) in [6.45, 7) is 4.21. The van der Waals surface area contributed by atoms with Crippen LogP contribution in [0.5, 0.6) is 11.5 Å². The molecule has 0 aliphatic carbocycles. The molecule has 2 heterocycles. The summed E-state index contributed by atoms with van der Waals surface area (Å²) in [5.74, 6) is 1.57. The molecule has 0 fully saturated rings. The minimum Gasteiger partial charge on any atom is -0.456 e. The normalized spacial score (nSPS) is 12.2. The molecule has 0 N–H and O–H groups in total. The van der Waals surface area contributed by atoms with Crippen molar-refractivity contribution in [3.63, 3.8) is 0 Å². The molecule has 0 bridgehead atoms. The molecule has 0 saturated heterocycles. The van der Waals surface area contributed by atoms with Crippen molar-refractivity contribution >= 4 is 39.0 Å². The fraction of sp³-hybridized carbons (Fsp3) is 0.0513. The Kier molecular flexibility index (Phi) is 5.69. The molecule has 8 rings (SSSR count). The first-order chi connectivity index (χ1) is 21.0. The first-order valence-corrected chi connectivity index (χ1v) is 14.4. The van der Waals surface area contributed by atoms with Crippen LogP contribution in [0.3, 0.4) is 0 Å². The lowest BCUT2D eigenvalue weighted by atomic mass is 9.95. The fourth-order valence-corrected chi connectivity index (χ4v) is 6.13. The summed E-state index contributed by atoms with van der Waals surface area (Å²) < 4.78 is 13.0. The third-order valence-electron chi connectivity index (χ3n) is 8.18. The molecule has 1 aliphatic rings. The van der Waals surface area contributed by atoms with Gasteiger partial charge < -0.3 is 14.1 Å². The largest absolute Gasteiger partial charge is 0.456 e. The molecule has 206 valence electrons. The first kappa shape index (κ1) is 25.1. The summed E-state index contributed by atoms with van der Waals surface area (Å²) in [6, 6.07) is 42.7. The molecular weight excluding hydrogens is 530 g/mol. The molecule has 1 aromatic heterocycles. The van der Waals surface area contributed by atoms with E-state index in [0.29, 0.717) is 21.9 Å². The van der Waals surface area contributed by atoms with Crippen LogP contribution in [0.1, 0.15) is 11.1 Å². The molecule has 4 nitrogen and oxygen atoms in total. The summed E-state index contributed by atoms with van der Waals surface area (Å²) in [7, 11) is 0. The summed E-state index contributed by atoms with van der Waals surface area (Å²) in [5, 5.41) is 1.14. The van der Waals surface area contributed by atoms with Gasteiger partial charge in [-0.05, 0) is 74.5 Å². The highest BCUT2D eigenvalue weighted by Gasteiger charge is 2.25. The molecule has 0 radical (unpaired) electrons. The molecule has 0 atom stereocenters. The predicted molar refractivity (Wildman–Crippen MR) is 175 cm³/mol. The van der Waals surface area contributed by atoms with E-state index in [9.17, 15) is 4.79 Å². The van der Waals surface area contributed by atoms with E-state index in [1.54, 1.807) is 0 Å². The van der Waals surface area contributed by atoms with E-state index >= 15 is 0 Å². The van der Waals surface area contributed by atoms with Gasteiger partial charge in [0.1, 0.15) is 22.7 Å². The van der Waals surface area contributed by atoms with Gasteiger partial charge in [-0.2, -0.15) is 0 Å². The van der Waals surface area contributed by atoms with Crippen molar-refractivity contribution in [3.05, 3.63) is 149 Å². The third-order valence-corrected chi connectivity index (χ3v) is 8.18. The Morgan fingerprint density at radius 2 is 1.07 bits per heavy atom. The SMILES string of the molecule is Cc1ccc2c(c1)-c1ccccc1Oc1ccccc1-c1cc(C)ccc1N2c1ccc2c(=O)c3ccccc3oc2c1. The highest BCUT2D eigenvalue weighted by Crippen LogP contribution is 2.50. The number of para-hydroxylation sites is 3. The van der Waals surface area contributed by atoms with Crippen molar-refractivity contribution in [2.75, 3.05) is 4.90 Å². The molecule has 6 aromatic carbocycles. The number of fused-ring (bicyclic) bond motifs is 8. The number of aryl methyl sites for hydroxylation is 2. The van der Waals surface area contributed by atoms with Crippen LogP contribution in [0.15, 0.2) is 137 Å². The second kappa shape index (κ2) is 9.74. The van der Waals surface area contributed by atoms with E-state index in [2.05, 4.69) is 67.3 Å². The average Bonchev–Trinajstić information content (AvgIpc) is 3.03. The number of ether oxygens (including phenoxy) is 1. The quantitative estimate of drug-likeness (QED) is 0.188. The molecule has 0 saturated carbocycles. The second-order valence-electron chi connectivity index (χ2n) is 11.1. The van der Waals surface area contributed by atoms with Crippen LogP contribution in [0.4, 0.5) is 17.1 Å². The van der Waals surface area contributed by atoms with Crippen molar-refractivity contribution in [1.29, 1.82) is 0 Å². The van der Waals surface area contributed by atoms with Crippen LogP contribution in [-0.4, -0.2) is 0 Å². The van der Waals surface area contributed by atoms with Crippen molar-refractivity contribution < 1.29 is 9.15 Å². The number of rotatable bonds is 1. The Morgan fingerprint density at radius 1 is 0.512 bits per heavy atom. The second-order valence-corrected chi connectivity index (χ2v) is 11.1. The summed E-state index contributed by atoms with van der Waals surface area (Å²) in [5.41, 5.74) is 10.3. The number of hydrogen-bond donors (Lipinski definition) is 0. The van der Waals surface area contributed by atoms with Crippen LogP contribution >= 0.6 is 0 Å². The van der Waals surface area contributed by atoms with E-state index in [4.69, 9.17) is 9.15 Å². The average molecular weight is 558 g/mol. The summed E-state index contributed by atoms with van der Waals surface area (Å²) in [6.07, 6.45) is 0. The zero-order valence-corrected chi connectivity index (χ0v) is 23.8. The molecule has 0 spiro atoms. The van der Waals surface area contributed by atoms with Gasteiger partial charge in [0.2, 0.25) is 5.43 Å². The predicted octanol–water partition coefficient (Wildman–Crippen LogP) is 10.5. The Bertz CT molecular complexity index is 2190. The van der Waals surface area contributed by atoms with Crippen molar-refractivity contribution in [1.82, 2.24) is 0 Å². The van der Waals surface area contributed by atoms with Crippen LogP contribution in [0.25, 0.3) is 44.2 Å². The minimum atomic E-state index is -0.0311. The van der Waals surface area contributed by atoms with Crippen LogP contribution in [-0.2, 0) is 0 Å². The molecule has 4 heteroatoms. The Hall–Kier alpha value is -5.61. The maximum Gasteiger partial charge on any atom is 0.200 e. The van der Waals surface area contributed by atoms with Gasteiger partial charge >= 0.3 is 0 Å². The lowest BCUT2D eigenvalue weighted by molar-refractivity contribution is 0.486. The van der Waals surface area contributed by atoms with E-state index in [1.807, 2.05) is 78.9 Å². The Balaban J connectivity index is 1.50. The van der Waals surface area contributed by atoms with Gasteiger partial charge in [0.25, 0.3) is 0 Å². The van der Waals surface area contributed by atoms with Gasteiger partial charge in [0.05, 0.1) is 22.1 Å². The third kappa shape index (κ3) is 4.11. The van der Waals surface area contributed by atoms with Gasteiger partial charge in [-0.15, -0.1) is 0 Å². The van der Waals surface area contributed by atoms with E-state index in [1.165, 1.54) is 0 Å². The lowest BCUT2D eigenvalue weighted by Gasteiger charge is -2.32. The summed E-state index contributed by atoms with van der Waals surface area (Å²) >= 11 is 0. The van der Waals surface area contributed by atoms with Gasteiger partial charge in [-0.25, -0.2) is 0 Å². The zero-order valence-electron chi connectivity index (χ0n) is 23.8. The van der Waals surface area contributed by atoms with Crippen molar-refractivity contribution in [2.24, 2.45) is 0 Å². The Morgan fingerprint density at radius 3 is 1.72 bits per heavy atom. The molecule has 7 aromatic rings. The number of nitrogens with zero attached hydrogens (tertiary/aromatic N) is 1. The van der Waals surface area contributed by atoms with Crippen LogP contribution in [0, 0.1) is 13.8 Å². The number of anilines is 3. The smallest absolute Gasteiger partial charge is 0.200 e. The maximum atomic E-state index is 13.4. The standard InChI is InChI=1S/C39H27NO3/c1-24-15-19-33-31(21-24)27-9-3-6-12-35(27)42-36-13-7-4-10-28(36)32-22-25(2)16-20-34(32)40(33)26-17-18-30-38(23-26)43-37-14-8-5-11-29(37)39(30)41/h3-23H,1-2H3. The number of hydrogen-bond acceptors (Lipinski definition) is 4. The van der Waals surface area contributed by atoms with Crippen LogP contribution in [0.2, 0.25) is 0 Å².